The molecule has 0 bridgehead atoms. The monoisotopic (exact) mass is 348 g/mol. The Morgan fingerprint density at radius 2 is 2.00 bits per heavy atom. The summed E-state index contributed by atoms with van der Waals surface area (Å²) < 4.78 is 7.44. The summed E-state index contributed by atoms with van der Waals surface area (Å²) in [7, 11) is 0. The number of hydrogen-bond acceptors (Lipinski definition) is 5. The summed E-state index contributed by atoms with van der Waals surface area (Å²) in [6, 6.07) is 7.35. The van der Waals surface area contributed by atoms with E-state index in [1.807, 2.05) is 38.1 Å². The number of ether oxygens (including phenoxy) is 1. The van der Waals surface area contributed by atoms with E-state index in [0.717, 1.165) is 29.0 Å². The maximum absolute atomic E-state index is 12.1. The number of benzene rings is 1. The predicted molar refractivity (Wildman–Crippen MR) is 96.6 cm³/mol. The molecule has 1 amide bonds. The molecular formula is C17H24N4O2S. The normalized spacial score (nSPS) is 10.9. The van der Waals surface area contributed by atoms with Crippen molar-refractivity contribution >= 4 is 23.4 Å². The van der Waals surface area contributed by atoms with Crippen LogP contribution >= 0.6 is 11.8 Å². The second kappa shape index (κ2) is 8.73. The lowest BCUT2D eigenvalue weighted by Crippen LogP contribution is -2.15. The number of nitrogens with one attached hydrogen (secondary N) is 1. The molecule has 0 unspecified atom stereocenters. The second-order valence-electron chi connectivity index (χ2n) is 5.83. The van der Waals surface area contributed by atoms with E-state index in [-0.39, 0.29) is 5.91 Å². The first-order valence-electron chi connectivity index (χ1n) is 8.05. The van der Waals surface area contributed by atoms with E-state index in [9.17, 15) is 4.79 Å². The average molecular weight is 348 g/mol. The smallest absolute Gasteiger partial charge is 0.234 e. The highest BCUT2D eigenvalue weighted by Gasteiger charge is 2.13. The van der Waals surface area contributed by atoms with Crippen molar-refractivity contribution < 1.29 is 9.53 Å². The molecule has 7 heteroatoms. The van der Waals surface area contributed by atoms with Crippen molar-refractivity contribution in [3.05, 3.63) is 30.1 Å². The Morgan fingerprint density at radius 1 is 1.29 bits per heavy atom. The fraction of sp³-hybridized carbons (Fsp3) is 0.471. The molecule has 0 aliphatic rings. The largest absolute Gasteiger partial charge is 0.494 e. The molecule has 130 valence electrons. The predicted octanol–water partition coefficient (Wildman–Crippen LogP) is 3.37. The molecule has 1 heterocycles. The molecule has 0 saturated carbocycles. The third-order valence-corrected chi connectivity index (χ3v) is 4.20. The summed E-state index contributed by atoms with van der Waals surface area (Å²) in [5, 5.41) is 11.9. The molecule has 1 N–H and O–H groups in total. The molecule has 6 nitrogen and oxygen atoms in total. The van der Waals surface area contributed by atoms with Gasteiger partial charge in [0.05, 0.1) is 12.4 Å². The van der Waals surface area contributed by atoms with Gasteiger partial charge in [0.2, 0.25) is 5.91 Å². The molecule has 2 aromatic rings. The van der Waals surface area contributed by atoms with Gasteiger partial charge in [-0.05, 0) is 44.0 Å². The van der Waals surface area contributed by atoms with Crippen LogP contribution < -0.4 is 10.1 Å². The molecule has 1 aromatic heterocycles. The molecule has 0 atom stereocenters. The SMILES string of the molecule is CCOc1ccc(NC(=O)CSc2nnc(C)n2CC(C)C)cc1. The van der Waals surface area contributed by atoms with Crippen molar-refractivity contribution in [2.24, 2.45) is 5.92 Å². The minimum atomic E-state index is -0.0686. The van der Waals surface area contributed by atoms with Gasteiger partial charge in [0.25, 0.3) is 0 Å². The number of carbonyl (C=O) groups is 1. The molecule has 0 aliphatic heterocycles. The summed E-state index contributed by atoms with van der Waals surface area (Å²) in [5.41, 5.74) is 0.754. The van der Waals surface area contributed by atoms with Gasteiger partial charge in [-0.1, -0.05) is 25.6 Å². The number of rotatable bonds is 8. The highest BCUT2D eigenvalue weighted by molar-refractivity contribution is 7.99. The Bertz CT molecular complexity index is 668. The number of thioether (sulfide) groups is 1. The minimum absolute atomic E-state index is 0.0686. The van der Waals surface area contributed by atoms with Crippen molar-refractivity contribution in [1.82, 2.24) is 14.8 Å². The highest BCUT2D eigenvalue weighted by atomic mass is 32.2. The zero-order chi connectivity index (χ0) is 17.5. The van der Waals surface area contributed by atoms with Crippen LogP contribution in [0.1, 0.15) is 26.6 Å². The van der Waals surface area contributed by atoms with Gasteiger partial charge in [0.15, 0.2) is 5.16 Å². The van der Waals surface area contributed by atoms with Crippen LogP contribution in [0.4, 0.5) is 5.69 Å². The van der Waals surface area contributed by atoms with Gasteiger partial charge in [0, 0.05) is 12.2 Å². The van der Waals surface area contributed by atoms with E-state index in [0.29, 0.717) is 18.3 Å². The number of amides is 1. The van der Waals surface area contributed by atoms with E-state index in [4.69, 9.17) is 4.74 Å². The second-order valence-corrected chi connectivity index (χ2v) is 6.77. The zero-order valence-electron chi connectivity index (χ0n) is 14.6. The van der Waals surface area contributed by atoms with Gasteiger partial charge in [-0.15, -0.1) is 10.2 Å². The molecule has 0 radical (unpaired) electrons. The Labute approximate surface area is 147 Å². The first kappa shape index (κ1) is 18.3. The van der Waals surface area contributed by atoms with E-state index < -0.39 is 0 Å². The van der Waals surface area contributed by atoms with Crippen LogP contribution in [0.25, 0.3) is 0 Å². The van der Waals surface area contributed by atoms with Gasteiger partial charge in [-0.25, -0.2) is 0 Å². The minimum Gasteiger partial charge on any atom is -0.494 e. The quantitative estimate of drug-likeness (QED) is 0.741. The summed E-state index contributed by atoms with van der Waals surface area (Å²) in [6.07, 6.45) is 0. The van der Waals surface area contributed by atoms with Crippen LogP contribution in [0.5, 0.6) is 5.75 Å². The molecular weight excluding hydrogens is 324 g/mol. The number of anilines is 1. The standard InChI is InChI=1S/C17H24N4O2S/c1-5-23-15-8-6-14(7-9-15)18-16(22)11-24-17-20-19-13(4)21(17)10-12(2)3/h6-9,12H,5,10-11H2,1-4H3,(H,18,22). The van der Waals surface area contributed by atoms with Gasteiger partial charge >= 0.3 is 0 Å². The van der Waals surface area contributed by atoms with Gasteiger partial charge < -0.3 is 14.6 Å². The third kappa shape index (κ3) is 5.26. The number of hydrogen-bond donors (Lipinski definition) is 1. The topological polar surface area (TPSA) is 69.0 Å². The Kier molecular flexibility index (Phi) is 6.66. The lowest BCUT2D eigenvalue weighted by Gasteiger charge is -2.11. The Balaban J connectivity index is 1.89. The van der Waals surface area contributed by atoms with Crippen LogP contribution in [0, 0.1) is 12.8 Å². The summed E-state index contributed by atoms with van der Waals surface area (Å²) >= 11 is 1.40. The van der Waals surface area contributed by atoms with E-state index in [1.54, 1.807) is 0 Å². The number of nitrogens with zero attached hydrogens (tertiary/aromatic N) is 3. The number of carbonyl (C=O) groups excluding carboxylic acids is 1. The van der Waals surface area contributed by atoms with Gasteiger partial charge in [-0.2, -0.15) is 0 Å². The van der Waals surface area contributed by atoms with Gasteiger partial charge in [-0.3, -0.25) is 4.79 Å². The van der Waals surface area contributed by atoms with Crippen LogP contribution in [-0.2, 0) is 11.3 Å². The molecule has 0 saturated heterocycles. The molecule has 24 heavy (non-hydrogen) atoms. The molecule has 0 spiro atoms. The fourth-order valence-electron chi connectivity index (χ4n) is 2.17. The van der Waals surface area contributed by atoms with Crippen LogP contribution in [0.15, 0.2) is 29.4 Å². The molecule has 0 fully saturated rings. The summed E-state index contributed by atoms with van der Waals surface area (Å²) in [4.78, 5) is 12.1. The number of aromatic nitrogens is 3. The fourth-order valence-corrected chi connectivity index (χ4v) is 2.97. The Morgan fingerprint density at radius 3 is 2.62 bits per heavy atom. The van der Waals surface area contributed by atoms with Crippen molar-refractivity contribution in [2.75, 3.05) is 17.7 Å². The van der Waals surface area contributed by atoms with Crippen LogP contribution in [0.2, 0.25) is 0 Å². The van der Waals surface area contributed by atoms with Gasteiger partial charge in [0.1, 0.15) is 11.6 Å². The lowest BCUT2D eigenvalue weighted by molar-refractivity contribution is -0.113. The lowest BCUT2D eigenvalue weighted by atomic mass is 10.2. The van der Waals surface area contributed by atoms with Crippen molar-refractivity contribution in [2.45, 2.75) is 39.4 Å². The van der Waals surface area contributed by atoms with Crippen LogP contribution in [0.3, 0.4) is 0 Å². The summed E-state index contributed by atoms with van der Waals surface area (Å²) in [6.45, 7) is 9.63. The highest BCUT2D eigenvalue weighted by Crippen LogP contribution is 2.20. The van der Waals surface area contributed by atoms with E-state index >= 15 is 0 Å². The third-order valence-electron chi connectivity index (χ3n) is 3.23. The molecule has 1 aromatic carbocycles. The maximum atomic E-state index is 12.1. The molecule has 0 aliphatic carbocycles. The van der Waals surface area contributed by atoms with Crippen molar-refractivity contribution in [3.63, 3.8) is 0 Å². The van der Waals surface area contributed by atoms with Crippen molar-refractivity contribution in [1.29, 1.82) is 0 Å². The number of aryl methyl sites for hydroxylation is 1. The van der Waals surface area contributed by atoms with E-state index in [2.05, 4.69) is 33.9 Å². The Hall–Kier alpha value is -2.02. The maximum Gasteiger partial charge on any atom is 0.234 e. The first-order valence-corrected chi connectivity index (χ1v) is 9.03. The summed E-state index contributed by atoms with van der Waals surface area (Å²) in [5.74, 6) is 2.39. The van der Waals surface area contributed by atoms with E-state index in [1.165, 1.54) is 11.8 Å². The zero-order valence-corrected chi connectivity index (χ0v) is 15.4. The average Bonchev–Trinajstić information content (AvgIpc) is 2.87. The molecule has 2 rings (SSSR count). The van der Waals surface area contributed by atoms with Crippen molar-refractivity contribution in [3.8, 4) is 5.75 Å². The first-order chi connectivity index (χ1) is 11.5. The van der Waals surface area contributed by atoms with Crippen LogP contribution in [-0.4, -0.2) is 33.0 Å².